The van der Waals surface area contributed by atoms with E-state index in [9.17, 15) is 4.79 Å². The highest BCUT2D eigenvalue weighted by Gasteiger charge is 2.06. The second kappa shape index (κ2) is 6.25. The predicted octanol–water partition coefficient (Wildman–Crippen LogP) is 3.53. The summed E-state index contributed by atoms with van der Waals surface area (Å²) in [5.41, 5.74) is 0.899. The van der Waals surface area contributed by atoms with Crippen LogP contribution in [0.4, 0.5) is 11.5 Å². The zero-order valence-electron chi connectivity index (χ0n) is 11.1. The number of nitrogens with one attached hydrogen (secondary N) is 2. The van der Waals surface area contributed by atoms with Gasteiger partial charge in [0, 0.05) is 31.9 Å². The molecular weight excluding hydrogens is 278 g/mol. The Kier molecular flexibility index (Phi) is 4.42. The molecule has 0 fully saturated rings. The lowest BCUT2D eigenvalue weighted by atomic mass is 10.3. The molecule has 0 unspecified atom stereocenters. The van der Waals surface area contributed by atoms with Gasteiger partial charge in [-0.25, -0.2) is 4.98 Å². The molecule has 2 N–H and O–H groups in total. The van der Waals surface area contributed by atoms with Crippen molar-refractivity contribution in [3.8, 4) is 11.5 Å². The lowest BCUT2D eigenvalue weighted by molar-refractivity contribution is -0.114. The molecule has 1 aromatic carbocycles. The van der Waals surface area contributed by atoms with Crippen LogP contribution in [0.1, 0.15) is 6.92 Å². The Bertz CT molecular complexity index is 632. The Balaban J connectivity index is 2.19. The number of carbonyl (C=O) groups is 1. The third-order valence-electron chi connectivity index (χ3n) is 2.48. The molecule has 0 atom stereocenters. The summed E-state index contributed by atoms with van der Waals surface area (Å²) >= 11 is 6.13. The number of hydrogen-bond donors (Lipinski definition) is 2. The summed E-state index contributed by atoms with van der Waals surface area (Å²) in [6.45, 7) is 1.42. The molecule has 1 amide bonds. The van der Waals surface area contributed by atoms with E-state index >= 15 is 0 Å². The number of carbonyl (C=O) groups excluding carboxylic acids is 1. The Morgan fingerprint density at radius 2 is 2.10 bits per heavy atom. The maximum Gasteiger partial charge on any atom is 0.222 e. The number of amides is 1. The highest BCUT2D eigenvalue weighted by Crippen LogP contribution is 2.31. The fraction of sp³-hybridized carbons (Fsp3) is 0.143. The van der Waals surface area contributed by atoms with E-state index in [1.807, 2.05) is 13.1 Å². The second-order valence-corrected chi connectivity index (χ2v) is 4.46. The van der Waals surface area contributed by atoms with Crippen molar-refractivity contribution in [2.24, 2.45) is 0 Å². The molecule has 0 saturated carbocycles. The monoisotopic (exact) mass is 291 g/mol. The largest absolute Gasteiger partial charge is 0.456 e. The molecule has 0 aliphatic carbocycles. The first kappa shape index (κ1) is 14.1. The SMILES string of the molecule is CNc1ccc(Oc2ccnc(NC(C)=O)c2)c(Cl)c1. The van der Waals surface area contributed by atoms with Crippen LogP contribution in [0.5, 0.6) is 11.5 Å². The number of benzene rings is 1. The number of nitrogens with zero attached hydrogens (tertiary/aromatic N) is 1. The van der Waals surface area contributed by atoms with Crippen molar-refractivity contribution in [2.75, 3.05) is 17.7 Å². The number of aromatic nitrogens is 1. The van der Waals surface area contributed by atoms with E-state index < -0.39 is 0 Å². The van der Waals surface area contributed by atoms with Gasteiger partial charge in [-0.15, -0.1) is 0 Å². The number of rotatable bonds is 4. The normalized spacial score (nSPS) is 9.95. The minimum atomic E-state index is -0.189. The molecule has 2 rings (SSSR count). The minimum Gasteiger partial charge on any atom is -0.456 e. The third-order valence-corrected chi connectivity index (χ3v) is 2.78. The van der Waals surface area contributed by atoms with Gasteiger partial charge in [-0.05, 0) is 24.3 Å². The number of pyridine rings is 1. The molecule has 6 heteroatoms. The van der Waals surface area contributed by atoms with E-state index in [4.69, 9.17) is 16.3 Å². The fourth-order valence-corrected chi connectivity index (χ4v) is 1.81. The van der Waals surface area contributed by atoms with Gasteiger partial charge in [0.2, 0.25) is 5.91 Å². The molecule has 20 heavy (non-hydrogen) atoms. The van der Waals surface area contributed by atoms with Crippen molar-refractivity contribution in [2.45, 2.75) is 6.92 Å². The zero-order chi connectivity index (χ0) is 14.5. The van der Waals surface area contributed by atoms with Gasteiger partial charge in [0.1, 0.15) is 17.3 Å². The summed E-state index contributed by atoms with van der Waals surface area (Å²) in [5, 5.41) is 6.08. The molecule has 1 aromatic heterocycles. The highest BCUT2D eigenvalue weighted by molar-refractivity contribution is 6.32. The molecule has 5 nitrogen and oxygen atoms in total. The van der Waals surface area contributed by atoms with Gasteiger partial charge < -0.3 is 15.4 Å². The molecule has 2 aromatic rings. The van der Waals surface area contributed by atoms with Gasteiger partial charge >= 0.3 is 0 Å². The topological polar surface area (TPSA) is 63.2 Å². The zero-order valence-corrected chi connectivity index (χ0v) is 11.9. The molecule has 0 aliphatic heterocycles. The van der Waals surface area contributed by atoms with Crippen LogP contribution in [0.2, 0.25) is 5.02 Å². The van der Waals surface area contributed by atoms with E-state index in [2.05, 4.69) is 15.6 Å². The first-order valence-electron chi connectivity index (χ1n) is 5.97. The van der Waals surface area contributed by atoms with Crippen molar-refractivity contribution in [3.05, 3.63) is 41.6 Å². The standard InChI is InChI=1S/C14H14ClN3O2/c1-9(19)18-14-8-11(5-6-17-14)20-13-4-3-10(16-2)7-12(13)15/h3-8,16H,1-2H3,(H,17,18,19). The summed E-state index contributed by atoms with van der Waals surface area (Å²) in [6, 6.07) is 8.72. The lowest BCUT2D eigenvalue weighted by Crippen LogP contribution is -2.07. The lowest BCUT2D eigenvalue weighted by Gasteiger charge is -2.10. The highest BCUT2D eigenvalue weighted by atomic mass is 35.5. The summed E-state index contributed by atoms with van der Waals surface area (Å²) in [6.07, 6.45) is 1.55. The van der Waals surface area contributed by atoms with Crippen LogP contribution in [0.3, 0.4) is 0 Å². The summed E-state index contributed by atoms with van der Waals surface area (Å²) in [4.78, 5) is 15.0. The van der Waals surface area contributed by atoms with Crippen LogP contribution in [-0.2, 0) is 4.79 Å². The average Bonchev–Trinajstić information content (AvgIpc) is 2.41. The Hall–Kier alpha value is -2.27. The van der Waals surface area contributed by atoms with Crippen molar-refractivity contribution in [1.82, 2.24) is 4.98 Å². The fourth-order valence-electron chi connectivity index (χ4n) is 1.59. The minimum absolute atomic E-state index is 0.189. The van der Waals surface area contributed by atoms with Crippen molar-refractivity contribution < 1.29 is 9.53 Å². The first-order chi connectivity index (χ1) is 9.58. The molecule has 1 heterocycles. The Morgan fingerprint density at radius 3 is 2.75 bits per heavy atom. The molecule has 0 saturated heterocycles. The van der Waals surface area contributed by atoms with Crippen LogP contribution >= 0.6 is 11.6 Å². The quantitative estimate of drug-likeness (QED) is 0.904. The first-order valence-corrected chi connectivity index (χ1v) is 6.35. The van der Waals surface area contributed by atoms with Gasteiger partial charge in [-0.3, -0.25) is 4.79 Å². The van der Waals surface area contributed by atoms with Gasteiger partial charge in [0.15, 0.2) is 0 Å². The number of ether oxygens (including phenoxy) is 1. The van der Waals surface area contributed by atoms with E-state index in [1.54, 1.807) is 30.5 Å². The Morgan fingerprint density at radius 1 is 1.30 bits per heavy atom. The summed E-state index contributed by atoms with van der Waals surface area (Å²) in [7, 11) is 1.81. The van der Waals surface area contributed by atoms with E-state index in [0.717, 1.165) is 5.69 Å². The van der Waals surface area contributed by atoms with Crippen LogP contribution in [0, 0.1) is 0 Å². The van der Waals surface area contributed by atoms with Gasteiger partial charge in [0.05, 0.1) is 5.02 Å². The smallest absolute Gasteiger partial charge is 0.222 e. The van der Waals surface area contributed by atoms with Crippen LogP contribution in [-0.4, -0.2) is 17.9 Å². The van der Waals surface area contributed by atoms with E-state index in [-0.39, 0.29) is 5.91 Å². The van der Waals surface area contributed by atoms with Crippen LogP contribution in [0.25, 0.3) is 0 Å². The number of halogens is 1. The molecule has 0 bridgehead atoms. The predicted molar refractivity (Wildman–Crippen MR) is 79.6 cm³/mol. The van der Waals surface area contributed by atoms with Gasteiger partial charge in [-0.2, -0.15) is 0 Å². The average molecular weight is 292 g/mol. The number of hydrogen-bond acceptors (Lipinski definition) is 4. The molecule has 0 spiro atoms. The molecular formula is C14H14ClN3O2. The maximum atomic E-state index is 11.0. The van der Waals surface area contributed by atoms with Gasteiger partial charge in [-0.1, -0.05) is 11.6 Å². The molecule has 0 aliphatic rings. The maximum absolute atomic E-state index is 11.0. The van der Waals surface area contributed by atoms with E-state index in [0.29, 0.717) is 22.3 Å². The molecule has 104 valence electrons. The Labute approximate surface area is 121 Å². The molecule has 0 radical (unpaired) electrons. The van der Waals surface area contributed by atoms with Crippen molar-refractivity contribution in [3.63, 3.8) is 0 Å². The van der Waals surface area contributed by atoms with Gasteiger partial charge in [0.25, 0.3) is 0 Å². The van der Waals surface area contributed by atoms with Crippen molar-refractivity contribution >= 4 is 29.0 Å². The van der Waals surface area contributed by atoms with E-state index in [1.165, 1.54) is 6.92 Å². The second-order valence-electron chi connectivity index (χ2n) is 4.06. The van der Waals surface area contributed by atoms with Crippen LogP contribution < -0.4 is 15.4 Å². The number of anilines is 2. The third kappa shape index (κ3) is 3.61. The van der Waals surface area contributed by atoms with Crippen LogP contribution in [0.15, 0.2) is 36.5 Å². The summed E-state index contributed by atoms with van der Waals surface area (Å²) in [5.74, 6) is 1.32. The van der Waals surface area contributed by atoms with Crippen molar-refractivity contribution in [1.29, 1.82) is 0 Å². The summed E-state index contributed by atoms with van der Waals surface area (Å²) < 4.78 is 5.68.